The van der Waals surface area contributed by atoms with Crippen LogP contribution in [0.25, 0.3) is 0 Å². The molecule has 0 aromatic heterocycles. The van der Waals surface area contributed by atoms with E-state index in [1.54, 1.807) is 0 Å². The zero-order chi connectivity index (χ0) is 9.24. The van der Waals surface area contributed by atoms with Crippen molar-refractivity contribution < 1.29 is 22.6 Å². The van der Waals surface area contributed by atoms with Crippen LogP contribution in [0.1, 0.15) is 6.92 Å². The molecule has 0 radical (unpaired) electrons. The van der Waals surface area contributed by atoms with Crippen LogP contribution in [0.5, 0.6) is 0 Å². The highest BCUT2D eigenvalue weighted by molar-refractivity contribution is 4.80. The summed E-state index contributed by atoms with van der Waals surface area (Å²) >= 11 is 0. The summed E-state index contributed by atoms with van der Waals surface area (Å²) in [5.41, 5.74) is -0.203. The van der Waals surface area contributed by atoms with Gasteiger partial charge in [-0.1, -0.05) is 6.92 Å². The molecule has 0 aromatic rings. The average molecular weight is 184 g/mol. The lowest BCUT2D eigenvalue weighted by molar-refractivity contribution is -0.200. The summed E-state index contributed by atoms with van der Waals surface area (Å²) in [6.45, 7) is 1.78. The zero-order valence-electron chi connectivity index (χ0n) is 6.78. The van der Waals surface area contributed by atoms with Gasteiger partial charge in [0.15, 0.2) is 0 Å². The molecule has 1 rings (SSSR count). The van der Waals surface area contributed by atoms with E-state index in [1.807, 2.05) is 6.92 Å². The van der Waals surface area contributed by atoms with Crippen LogP contribution in [0.3, 0.4) is 0 Å². The van der Waals surface area contributed by atoms with E-state index >= 15 is 0 Å². The minimum Gasteiger partial charge on any atom is -0.380 e. The van der Waals surface area contributed by atoms with E-state index in [4.69, 9.17) is 4.74 Å². The standard InChI is InChI=1S/C7H11F3O2/c1-6(2-11-3-6)4-12-5-7(8,9)10/h2-5H2,1H3. The summed E-state index contributed by atoms with van der Waals surface area (Å²) in [4.78, 5) is 0. The molecule has 2 nitrogen and oxygen atoms in total. The van der Waals surface area contributed by atoms with Crippen LogP contribution in [0, 0.1) is 5.41 Å². The Balaban J connectivity index is 2.10. The Kier molecular flexibility index (Phi) is 2.63. The largest absolute Gasteiger partial charge is 0.411 e. The molecule has 1 heterocycles. The highest BCUT2D eigenvalue weighted by Crippen LogP contribution is 2.27. The second-order valence-corrected chi connectivity index (χ2v) is 3.41. The van der Waals surface area contributed by atoms with E-state index in [1.165, 1.54) is 0 Å². The van der Waals surface area contributed by atoms with Crippen LogP contribution >= 0.6 is 0 Å². The summed E-state index contributed by atoms with van der Waals surface area (Å²) in [7, 11) is 0. The van der Waals surface area contributed by atoms with Gasteiger partial charge in [0.2, 0.25) is 0 Å². The number of hydrogen-bond acceptors (Lipinski definition) is 2. The lowest BCUT2D eigenvalue weighted by Gasteiger charge is -2.37. The molecule has 1 saturated heterocycles. The topological polar surface area (TPSA) is 18.5 Å². The summed E-state index contributed by atoms with van der Waals surface area (Å²) in [5.74, 6) is 0. The van der Waals surface area contributed by atoms with Crippen molar-refractivity contribution in [2.45, 2.75) is 13.1 Å². The van der Waals surface area contributed by atoms with E-state index in [-0.39, 0.29) is 12.0 Å². The molecular formula is C7H11F3O2. The first-order valence-electron chi connectivity index (χ1n) is 3.64. The van der Waals surface area contributed by atoms with Crippen LogP contribution in [0.4, 0.5) is 13.2 Å². The predicted molar refractivity (Wildman–Crippen MR) is 35.8 cm³/mol. The molecule has 1 aliphatic rings. The first kappa shape index (κ1) is 9.80. The molecule has 72 valence electrons. The first-order valence-corrected chi connectivity index (χ1v) is 3.64. The molecule has 0 aromatic carbocycles. The second kappa shape index (κ2) is 3.22. The van der Waals surface area contributed by atoms with Gasteiger partial charge in [-0.15, -0.1) is 0 Å². The number of ether oxygens (including phenoxy) is 2. The number of halogens is 3. The minimum absolute atomic E-state index is 0.118. The molecule has 0 aliphatic carbocycles. The Hall–Kier alpha value is -0.290. The molecule has 0 N–H and O–H groups in total. The maximum atomic E-state index is 11.6. The van der Waals surface area contributed by atoms with E-state index < -0.39 is 12.8 Å². The number of alkyl halides is 3. The van der Waals surface area contributed by atoms with Gasteiger partial charge in [-0.2, -0.15) is 13.2 Å². The Bertz CT molecular complexity index is 151. The first-order chi connectivity index (χ1) is 5.41. The zero-order valence-corrected chi connectivity index (χ0v) is 6.78. The normalized spacial score (nSPS) is 22.0. The third-order valence-electron chi connectivity index (χ3n) is 1.62. The van der Waals surface area contributed by atoms with Gasteiger partial charge in [-0.3, -0.25) is 0 Å². The average Bonchev–Trinajstić information content (AvgIpc) is 1.81. The maximum Gasteiger partial charge on any atom is 0.411 e. The third-order valence-corrected chi connectivity index (χ3v) is 1.62. The van der Waals surface area contributed by atoms with E-state index in [2.05, 4.69) is 4.74 Å². The van der Waals surface area contributed by atoms with Gasteiger partial charge in [-0.05, 0) is 0 Å². The van der Waals surface area contributed by atoms with Gasteiger partial charge >= 0.3 is 6.18 Å². The van der Waals surface area contributed by atoms with Crippen molar-refractivity contribution in [3.05, 3.63) is 0 Å². The quantitative estimate of drug-likeness (QED) is 0.663. The monoisotopic (exact) mass is 184 g/mol. The molecule has 0 unspecified atom stereocenters. The Morgan fingerprint density at radius 1 is 1.42 bits per heavy atom. The van der Waals surface area contributed by atoms with Crippen LogP contribution in [0.15, 0.2) is 0 Å². The van der Waals surface area contributed by atoms with Gasteiger partial charge in [-0.25, -0.2) is 0 Å². The maximum absolute atomic E-state index is 11.6. The van der Waals surface area contributed by atoms with Crippen molar-refractivity contribution in [2.75, 3.05) is 26.4 Å². The molecule has 1 aliphatic heterocycles. The van der Waals surface area contributed by atoms with Crippen molar-refractivity contribution >= 4 is 0 Å². The van der Waals surface area contributed by atoms with Gasteiger partial charge in [0.1, 0.15) is 6.61 Å². The summed E-state index contributed by atoms with van der Waals surface area (Å²) in [5, 5.41) is 0. The highest BCUT2D eigenvalue weighted by Gasteiger charge is 2.35. The lowest BCUT2D eigenvalue weighted by Crippen LogP contribution is -2.44. The Labute approximate surface area is 68.6 Å². The fourth-order valence-electron chi connectivity index (χ4n) is 0.947. The highest BCUT2D eigenvalue weighted by atomic mass is 19.4. The smallest absolute Gasteiger partial charge is 0.380 e. The van der Waals surface area contributed by atoms with Crippen molar-refractivity contribution in [2.24, 2.45) is 5.41 Å². The molecule has 5 heteroatoms. The molecule has 0 atom stereocenters. The molecule has 12 heavy (non-hydrogen) atoms. The van der Waals surface area contributed by atoms with Gasteiger partial charge < -0.3 is 9.47 Å². The molecular weight excluding hydrogens is 173 g/mol. The molecule has 0 saturated carbocycles. The molecule has 0 amide bonds. The summed E-state index contributed by atoms with van der Waals surface area (Å²) in [6, 6.07) is 0. The van der Waals surface area contributed by atoms with Crippen LogP contribution in [-0.2, 0) is 9.47 Å². The van der Waals surface area contributed by atoms with Crippen LogP contribution < -0.4 is 0 Å². The van der Waals surface area contributed by atoms with Crippen LogP contribution in [-0.4, -0.2) is 32.6 Å². The molecule has 0 spiro atoms. The van der Waals surface area contributed by atoms with Gasteiger partial charge in [0.05, 0.1) is 19.8 Å². The summed E-state index contributed by atoms with van der Waals surface area (Å²) in [6.07, 6.45) is -4.22. The minimum atomic E-state index is -4.22. The van der Waals surface area contributed by atoms with E-state index in [9.17, 15) is 13.2 Å². The molecule has 1 fully saturated rings. The Morgan fingerprint density at radius 2 is 2.00 bits per heavy atom. The van der Waals surface area contributed by atoms with Crippen molar-refractivity contribution in [3.8, 4) is 0 Å². The fraction of sp³-hybridized carbons (Fsp3) is 1.00. The predicted octanol–water partition coefficient (Wildman–Crippen LogP) is 1.60. The number of hydrogen-bond donors (Lipinski definition) is 0. The summed E-state index contributed by atoms with van der Waals surface area (Å²) < 4.78 is 44.1. The SMILES string of the molecule is CC1(COCC(F)(F)F)COC1. The second-order valence-electron chi connectivity index (χ2n) is 3.41. The van der Waals surface area contributed by atoms with Gasteiger partial charge in [0, 0.05) is 5.41 Å². The lowest BCUT2D eigenvalue weighted by atomic mass is 9.90. The third kappa shape index (κ3) is 2.98. The van der Waals surface area contributed by atoms with Crippen molar-refractivity contribution in [3.63, 3.8) is 0 Å². The number of rotatable bonds is 3. The molecule has 0 bridgehead atoms. The van der Waals surface area contributed by atoms with E-state index in [0.717, 1.165) is 0 Å². The van der Waals surface area contributed by atoms with Gasteiger partial charge in [0.25, 0.3) is 0 Å². The van der Waals surface area contributed by atoms with Crippen molar-refractivity contribution in [1.29, 1.82) is 0 Å². The van der Waals surface area contributed by atoms with Crippen LogP contribution in [0.2, 0.25) is 0 Å². The Morgan fingerprint density at radius 3 is 2.33 bits per heavy atom. The van der Waals surface area contributed by atoms with Crippen molar-refractivity contribution in [1.82, 2.24) is 0 Å². The van der Waals surface area contributed by atoms with E-state index in [0.29, 0.717) is 13.2 Å². The fourth-order valence-corrected chi connectivity index (χ4v) is 0.947.